The minimum absolute atomic E-state index is 0.101. The summed E-state index contributed by atoms with van der Waals surface area (Å²) in [6, 6.07) is 6.91. The maximum Gasteiger partial charge on any atom is 0.321 e. The number of carbonyl (C=O) groups is 2. The fraction of sp³-hybridized carbons (Fsp3) is 0.250. The topological polar surface area (TPSA) is 112 Å². The third kappa shape index (κ3) is 4.86. The monoisotopic (exact) mass is 318 g/mol. The number of hydrogen-bond donors (Lipinski definition) is 4. The number of anilines is 1. The molecule has 7 heteroatoms. The first-order chi connectivity index (χ1) is 11.0. The normalized spacial score (nSPS) is 11.9. The lowest BCUT2D eigenvalue weighted by atomic mass is 10.1. The molecular weight excluding hydrogens is 300 g/mol. The van der Waals surface area contributed by atoms with E-state index in [9.17, 15) is 19.8 Å². The minimum atomic E-state index is -1.12. The largest absolute Gasteiger partial charge is 0.508 e. The van der Waals surface area contributed by atoms with Gasteiger partial charge in [-0.3, -0.25) is 14.9 Å². The highest BCUT2D eigenvalue weighted by atomic mass is 16.4. The molecule has 1 aromatic carbocycles. The Labute approximate surface area is 132 Å². The molecule has 0 radical (unpaired) electrons. The Morgan fingerprint density at radius 1 is 1.30 bits per heavy atom. The Kier molecular flexibility index (Phi) is 5.37. The van der Waals surface area contributed by atoms with Crippen LogP contribution in [0, 0.1) is 6.92 Å². The molecule has 122 valence electrons. The Hall–Kier alpha value is -2.80. The van der Waals surface area contributed by atoms with Gasteiger partial charge in [-0.2, -0.15) is 0 Å². The van der Waals surface area contributed by atoms with E-state index in [4.69, 9.17) is 4.42 Å². The van der Waals surface area contributed by atoms with E-state index in [2.05, 4.69) is 10.6 Å². The lowest BCUT2D eigenvalue weighted by Gasteiger charge is -2.14. The molecule has 0 aliphatic carbocycles. The van der Waals surface area contributed by atoms with Crippen molar-refractivity contribution in [3.63, 3.8) is 0 Å². The molecule has 0 saturated carbocycles. The molecule has 0 aliphatic heterocycles. The summed E-state index contributed by atoms with van der Waals surface area (Å²) in [7, 11) is 0. The molecule has 0 fully saturated rings. The quantitative estimate of drug-likeness (QED) is 0.580. The summed E-state index contributed by atoms with van der Waals surface area (Å²) in [4.78, 5) is 23.3. The predicted octanol–water partition coefficient (Wildman–Crippen LogP) is 1.87. The van der Waals surface area contributed by atoms with Gasteiger partial charge in [0.15, 0.2) is 0 Å². The van der Waals surface area contributed by atoms with Crippen molar-refractivity contribution < 1.29 is 24.2 Å². The molecule has 0 saturated heterocycles. The molecule has 2 rings (SSSR count). The number of furan rings is 1. The third-order valence-electron chi connectivity index (χ3n) is 3.27. The zero-order valence-electron chi connectivity index (χ0n) is 12.6. The Bertz CT molecular complexity index is 682. The number of aliphatic carboxylic acids is 1. The second-order valence-corrected chi connectivity index (χ2v) is 5.10. The van der Waals surface area contributed by atoms with Crippen molar-refractivity contribution in [3.8, 4) is 5.75 Å². The van der Waals surface area contributed by atoms with Crippen molar-refractivity contribution in [2.24, 2.45) is 0 Å². The van der Waals surface area contributed by atoms with Crippen LogP contribution in [-0.4, -0.2) is 28.1 Å². The molecule has 0 aliphatic rings. The number of rotatable bonds is 7. The highest BCUT2D eigenvalue weighted by Crippen LogP contribution is 2.20. The van der Waals surface area contributed by atoms with Crippen LogP contribution in [0.3, 0.4) is 0 Å². The molecule has 23 heavy (non-hydrogen) atoms. The average molecular weight is 318 g/mol. The van der Waals surface area contributed by atoms with E-state index in [1.807, 2.05) is 0 Å². The summed E-state index contributed by atoms with van der Waals surface area (Å²) in [5.41, 5.74) is 1.22. The van der Waals surface area contributed by atoms with Crippen molar-refractivity contribution >= 4 is 17.6 Å². The first kappa shape index (κ1) is 16.6. The lowest BCUT2D eigenvalue weighted by Crippen LogP contribution is -2.39. The van der Waals surface area contributed by atoms with Gasteiger partial charge in [-0.25, -0.2) is 0 Å². The molecule has 1 unspecified atom stereocenters. The van der Waals surface area contributed by atoms with Crippen LogP contribution in [0.4, 0.5) is 5.69 Å². The molecule has 1 amide bonds. The van der Waals surface area contributed by atoms with Crippen LogP contribution in [0.15, 0.2) is 41.0 Å². The van der Waals surface area contributed by atoms with E-state index in [1.54, 1.807) is 25.1 Å². The van der Waals surface area contributed by atoms with Gasteiger partial charge in [0.05, 0.1) is 19.2 Å². The van der Waals surface area contributed by atoms with Crippen LogP contribution >= 0.6 is 0 Å². The van der Waals surface area contributed by atoms with Gasteiger partial charge < -0.3 is 19.9 Å². The second-order valence-electron chi connectivity index (χ2n) is 5.10. The smallest absolute Gasteiger partial charge is 0.321 e. The maximum absolute atomic E-state index is 12.0. The molecule has 1 heterocycles. The van der Waals surface area contributed by atoms with Gasteiger partial charge in [0.2, 0.25) is 5.91 Å². The standard InChI is InChI=1S/C16H18N2O5/c1-10-7-11(19)4-5-13(10)18-15(20)8-14(16(21)22)17-9-12-3-2-6-23-12/h2-7,14,17,19H,8-9H2,1H3,(H,18,20)(H,21,22). The van der Waals surface area contributed by atoms with E-state index in [-0.39, 0.29) is 18.7 Å². The van der Waals surface area contributed by atoms with E-state index in [1.165, 1.54) is 18.4 Å². The summed E-state index contributed by atoms with van der Waals surface area (Å²) in [6.07, 6.45) is 1.27. The fourth-order valence-electron chi connectivity index (χ4n) is 2.06. The van der Waals surface area contributed by atoms with Crippen LogP contribution in [0.25, 0.3) is 0 Å². The van der Waals surface area contributed by atoms with Gasteiger partial charge in [-0.05, 0) is 42.8 Å². The van der Waals surface area contributed by atoms with Crippen LogP contribution in [-0.2, 0) is 16.1 Å². The summed E-state index contributed by atoms with van der Waals surface area (Å²) in [6.45, 7) is 1.95. The number of phenolic OH excluding ortho intramolecular Hbond substituents is 1. The zero-order chi connectivity index (χ0) is 16.8. The number of nitrogens with one attached hydrogen (secondary N) is 2. The van der Waals surface area contributed by atoms with Crippen LogP contribution < -0.4 is 10.6 Å². The van der Waals surface area contributed by atoms with Crippen LogP contribution in [0.2, 0.25) is 0 Å². The Morgan fingerprint density at radius 3 is 2.70 bits per heavy atom. The molecule has 0 spiro atoms. The molecule has 2 aromatic rings. The molecular formula is C16H18N2O5. The number of benzene rings is 1. The van der Waals surface area contributed by atoms with Gasteiger partial charge >= 0.3 is 5.97 Å². The van der Waals surface area contributed by atoms with Crippen molar-refractivity contribution in [2.75, 3.05) is 5.32 Å². The summed E-state index contributed by atoms with van der Waals surface area (Å²) in [5.74, 6) is -0.859. The first-order valence-electron chi connectivity index (χ1n) is 7.03. The van der Waals surface area contributed by atoms with E-state index in [0.717, 1.165) is 0 Å². The van der Waals surface area contributed by atoms with Gasteiger partial charge in [-0.15, -0.1) is 0 Å². The maximum atomic E-state index is 12.0. The number of aryl methyl sites for hydroxylation is 1. The van der Waals surface area contributed by atoms with Crippen molar-refractivity contribution in [1.29, 1.82) is 0 Å². The Morgan fingerprint density at radius 2 is 2.09 bits per heavy atom. The van der Waals surface area contributed by atoms with Gasteiger partial charge in [0.1, 0.15) is 17.6 Å². The summed E-state index contributed by atoms with van der Waals surface area (Å²) in [5, 5.41) is 23.9. The van der Waals surface area contributed by atoms with Crippen LogP contribution in [0.5, 0.6) is 5.75 Å². The predicted molar refractivity (Wildman–Crippen MR) is 83.1 cm³/mol. The van der Waals surface area contributed by atoms with E-state index in [0.29, 0.717) is 17.0 Å². The molecule has 0 bridgehead atoms. The van der Waals surface area contributed by atoms with Gasteiger partial charge in [0.25, 0.3) is 0 Å². The summed E-state index contributed by atoms with van der Waals surface area (Å²) < 4.78 is 5.11. The highest BCUT2D eigenvalue weighted by molar-refractivity contribution is 5.94. The zero-order valence-corrected chi connectivity index (χ0v) is 12.6. The minimum Gasteiger partial charge on any atom is -0.508 e. The molecule has 4 N–H and O–H groups in total. The number of aromatic hydroxyl groups is 1. The number of carbonyl (C=O) groups excluding carboxylic acids is 1. The SMILES string of the molecule is Cc1cc(O)ccc1NC(=O)CC(NCc1ccco1)C(=O)O. The van der Waals surface area contributed by atoms with Crippen molar-refractivity contribution in [3.05, 3.63) is 47.9 Å². The summed E-state index contributed by atoms with van der Waals surface area (Å²) >= 11 is 0. The molecule has 1 atom stereocenters. The van der Waals surface area contributed by atoms with Gasteiger partial charge in [0, 0.05) is 5.69 Å². The van der Waals surface area contributed by atoms with E-state index >= 15 is 0 Å². The van der Waals surface area contributed by atoms with Crippen LogP contribution in [0.1, 0.15) is 17.7 Å². The first-order valence-corrected chi connectivity index (χ1v) is 7.03. The fourth-order valence-corrected chi connectivity index (χ4v) is 2.06. The van der Waals surface area contributed by atoms with E-state index < -0.39 is 17.9 Å². The Balaban J connectivity index is 1.93. The third-order valence-corrected chi connectivity index (χ3v) is 3.27. The number of hydrogen-bond acceptors (Lipinski definition) is 5. The van der Waals surface area contributed by atoms with Gasteiger partial charge in [-0.1, -0.05) is 0 Å². The number of carboxylic acid groups (broad SMARTS) is 1. The number of phenols is 1. The van der Waals surface area contributed by atoms with Crippen molar-refractivity contribution in [2.45, 2.75) is 25.9 Å². The molecule has 1 aromatic heterocycles. The number of amides is 1. The lowest BCUT2D eigenvalue weighted by molar-refractivity contribution is -0.141. The van der Waals surface area contributed by atoms with Crippen molar-refractivity contribution in [1.82, 2.24) is 5.32 Å². The second kappa shape index (κ2) is 7.46. The average Bonchev–Trinajstić information content (AvgIpc) is 2.99. The number of carboxylic acids is 1. The highest BCUT2D eigenvalue weighted by Gasteiger charge is 2.21. The molecule has 7 nitrogen and oxygen atoms in total.